The second-order valence-electron chi connectivity index (χ2n) is 3.77. The van der Waals surface area contributed by atoms with Crippen molar-refractivity contribution in [3.63, 3.8) is 0 Å². The van der Waals surface area contributed by atoms with E-state index in [2.05, 4.69) is 15.0 Å². The van der Waals surface area contributed by atoms with Crippen molar-refractivity contribution in [2.75, 3.05) is 36.1 Å². The van der Waals surface area contributed by atoms with Crippen LogP contribution >= 0.6 is 0 Å². The number of aromatic nitrogens is 1. The number of nitrogens with zero attached hydrogens (tertiary/aromatic N) is 1. The van der Waals surface area contributed by atoms with Gasteiger partial charge in [-0.2, -0.15) is 0 Å². The number of rotatable bonds is 8. The summed E-state index contributed by atoms with van der Waals surface area (Å²) in [6, 6.07) is 3.40. The minimum atomic E-state index is -3.25. The van der Waals surface area contributed by atoms with Crippen molar-refractivity contribution < 1.29 is 13.2 Å². The number of ether oxygens (including phenoxy) is 1. The maximum atomic E-state index is 11.5. The third-order valence-corrected chi connectivity index (χ3v) is 3.61. The normalized spacial score (nSPS) is 11.2. The van der Waals surface area contributed by atoms with Gasteiger partial charge in [0.05, 0.1) is 24.2 Å². The lowest BCUT2D eigenvalue weighted by Gasteiger charge is -2.08. The first-order chi connectivity index (χ1) is 8.57. The van der Waals surface area contributed by atoms with Gasteiger partial charge in [-0.15, -0.1) is 0 Å². The molecule has 0 aliphatic carbocycles. The summed E-state index contributed by atoms with van der Waals surface area (Å²) in [5.41, 5.74) is 0.473. The van der Waals surface area contributed by atoms with Crippen molar-refractivity contribution in [1.29, 1.82) is 0 Å². The van der Waals surface area contributed by atoms with Crippen LogP contribution in [-0.4, -0.2) is 39.4 Å². The summed E-state index contributed by atoms with van der Waals surface area (Å²) in [6.07, 6.45) is 2.07. The van der Waals surface area contributed by atoms with Crippen molar-refractivity contribution in [3.8, 4) is 0 Å². The van der Waals surface area contributed by atoms with Crippen molar-refractivity contribution in [2.24, 2.45) is 0 Å². The van der Waals surface area contributed by atoms with Gasteiger partial charge in [0, 0.05) is 13.7 Å². The Balaban J connectivity index is 2.55. The van der Waals surface area contributed by atoms with E-state index in [9.17, 15) is 8.42 Å². The number of anilines is 2. The Hall–Kier alpha value is -1.34. The van der Waals surface area contributed by atoms with Crippen molar-refractivity contribution in [1.82, 2.24) is 4.98 Å². The number of hydrogen-bond acceptors (Lipinski definition) is 5. The smallest absolute Gasteiger partial charge is 0.232 e. The molecule has 7 heteroatoms. The number of methoxy groups -OCH3 is 1. The van der Waals surface area contributed by atoms with Crippen LogP contribution in [0.5, 0.6) is 0 Å². The quantitative estimate of drug-likeness (QED) is 0.698. The Labute approximate surface area is 108 Å². The summed E-state index contributed by atoms with van der Waals surface area (Å²) in [5.74, 6) is 0.798. The SMILES string of the molecule is CCCS(=O)(=O)Nc1ccc(NCCOC)nc1. The molecule has 0 aliphatic rings. The van der Waals surface area contributed by atoms with Crippen LogP contribution in [0.25, 0.3) is 0 Å². The van der Waals surface area contributed by atoms with E-state index in [1.807, 2.05) is 6.92 Å². The van der Waals surface area contributed by atoms with Gasteiger partial charge in [0.15, 0.2) is 0 Å². The highest BCUT2D eigenvalue weighted by Crippen LogP contribution is 2.11. The van der Waals surface area contributed by atoms with Crippen LogP contribution in [0.2, 0.25) is 0 Å². The lowest BCUT2D eigenvalue weighted by atomic mass is 10.4. The van der Waals surface area contributed by atoms with Crippen molar-refractivity contribution in [3.05, 3.63) is 18.3 Å². The standard InChI is InChI=1S/C11H19N3O3S/c1-3-8-18(15,16)14-10-4-5-11(13-9-10)12-6-7-17-2/h4-5,9,14H,3,6-8H2,1-2H3,(H,12,13). The summed E-state index contributed by atoms with van der Waals surface area (Å²) < 4.78 is 30.4. The molecule has 1 heterocycles. The predicted molar refractivity (Wildman–Crippen MR) is 72.3 cm³/mol. The minimum Gasteiger partial charge on any atom is -0.383 e. The Morgan fingerprint density at radius 1 is 1.39 bits per heavy atom. The van der Waals surface area contributed by atoms with Crippen LogP contribution in [0, 0.1) is 0 Å². The monoisotopic (exact) mass is 273 g/mol. The first-order valence-electron chi connectivity index (χ1n) is 5.76. The second-order valence-corrected chi connectivity index (χ2v) is 5.61. The first-order valence-corrected chi connectivity index (χ1v) is 7.42. The zero-order valence-corrected chi connectivity index (χ0v) is 11.5. The number of sulfonamides is 1. The lowest BCUT2D eigenvalue weighted by Crippen LogP contribution is -2.16. The average Bonchev–Trinajstić information content (AvgIpc) is 2.31. The molecule has 1 aromatic heterocycles. The minimum absolute atomic E-state index is 0.112. The highest BCUT2D eigenvalue weighted by Gasteiger charge is 2.08. The molecule has 0 atom stereocenters. The van der Waals surface area contributed by atoms with Crippen LogP contribution in [0.1, 0.15) is 13.3 Å². The predicted octanol–water partition coefficient (Wildman–Crippen LogP) is 1.29. The molecule has 0 radical (unpaired) electrons. The Morgan fingerprint density at radius 3 is 2.72 bits per heavy atom. The Morgan fingerprint density at radius 2 is 2.17 bits per heavy atom. The van der Waals surface area contributed by atoms with Crippen LogP contribution < -0.4 is 10.0 Å². The number of nitrogens with one attached hydrogen (secondary N) is 2. The topological polar surface area (TPSA) is 80.3 Å². The molecule has 0 bridgehead atoms. The van der Waals surface area contributed by atoms with Crippen LogP contribution in [0.15, 0.2) is 18.3 Å². The molecule has 2 N–H and O–H groups in total. The lowest BCUT2D eigenvalue weighted by molar-refractivity contribution is 0.210. The fourth-order valence-electron chi connectivity index (χ4n) is 1.34. The molecule has 1 rings (SSSR count). The van der Waals surface area contributed by atoms with E-state index < -0.39 is 10.0 Å². The van der Waals surface area contributed by atoms with E-state index in [4.69, 9.17) is 4.74 Å². The highest BCUT2D eigenvalue weighted by molar-refractivity contribution is 7.92. The van der Waals surface area contributed by atoms with Gasteiger partial charge in [-0.3, -0.25) is 4.72 Å². The molecule has 0 amide bonds. The van der Waals surface area contributed by atoms with Crippen LogP contribution in [-0.2, 0) is 14.8 Å². The zero-order chi connectivity index (χ0) is 13.4. The molecule has 0 aliphatic heterocycles. The Bertz CT molecular complexity index is 445. The first kappa shape index (κ1) is 14.7. The summed E-state index contributed by atoms with van der Waals surface area (Å²) in [5, 5.41) is 3.05. The number of hydrogen-bond donors (Lipinski definition) is 2. The maximum absolute atomic E-state index is 11.5. The highest BCUT2D eigenvalue weighted by atomic mass is 32.2. The van der Waals surface area contributed by atoms with E-state index in [1.165, 1.54) is 6.20 Å². The van der Waals surface area contributed by atoms with Gasteiger partial charge in [0.2, 0.25) is 10.0 Å². The molecule has 102 valence electrons. The summed E-state index contributed by atoms with van der Waals surface area (Å²) >= 11 is 0. The Kier molecular flexibility index (Phi) is 5.87. The fourth-order valence-corrected chi connectivity index (χ4v) is 2.46. The maximum Gasteiger partial charge on any atom is 0.232 e. The second kappa shape index (κ2) is 7.17. The van der Waals surface area contributed by atoms with Gasteiger partial charge < -0.3 is 10.1 Å². The molecule has 6 nitrogen and oxygen atoms in total. The van der Waals surface area contributed by atoms with E-state index in [1.54, 1.807) is 19.2 Å². The van der Waals surface area contributed by atoms with Gasteiger partial charge in [-0.1, -0.05) is 6.92 Å². The molecule has 0 saturated carbocycles. The third-order valence-electron chi connectivity index (χ3n) is 2.12. The van der Waals surface area contributed by atoms with E-state index in [0.717, 1.165) is 0 Å². The molecule has 0 spiro atoms. The largest absolute Gasteiger partial charge is 0.383 e. The van der Waals surface area contributed by atoms with E-state index >= 15 is 0 Å². The van der Waals surface area contributed by atoms with E-state index in [-0.39, 0.29) is 5.75 Å². The van der Waals surface area contributed by atoms with E-state index in [0.29, 0.717) is 31.1 Å². The molecular formula is C11H19N3O3S. The molecule has 0 saturated heterocycles. The molecule has 0 aromatic carbocycles. The van der Waals surface area contributed by atoms with Gasteiger partial charge in [-0.25, -0.2) is 13.4 Å². The molecule has 1 aromatic rings. The van der Waals surface area contributed by atoms with Gasteiger partial charge in [-0.05, 0) is 18.6 Å². The molecule has 18 heavy (non-hydrogen) atoms. The zero-order valence-electron chi connectivity index (χ0n) is 10.6. The van der Waals surface area contributed by atoms with Crippen LogP contribution in [0.3, 0.4) is 0 Å². The summed E-state index contributed by atoms with van der Waals surface area (Å²) in [6.45, 7) is 3.07. The molecule has 0 fully saturated rings. The fraction of sp³-hybridized carbons (Fsp3) is 0.545. The van der Waals surface area contributed by atoms with Gasteiger partial charge in [0.25, 0.3) is 0 Å². The summed E-state index contributed by atoms with van der Waals surface area (Å²) in [4.78, 5) is 4.10. The molecular weight excluding hydrogens is 254 g/mol. The average molecular weight is 273 g/mol. The van der Waals surface area contributed by atoms with Gasteiger partial charge >= 0.3 is 0 Å². The van der Waals surface area contributed by atoms with Crippen molar-refractivity contribution >= 4 is 21.5 Å². The summed E-state index contributed by atoms with van der Waals surface area (Å²) in [7, 11) is -1.62. The van der Waals surface area contributed by atoms with Crippen molar-refractivity contribution in [2.45, 2.75) is 13.3 Å². The number of pyridine rings is 1. The van der Waals surface area contributed by atoms with Gasteiger partial charge in [0.1, 0.15) is 5.82 Å². The molecule has 0 unspecified atom stereocenters. The third kappa shape index (κ3) is 5.33. The van der Waals surface area contributed by atoms with Crippen LogP contribution in [0.4, 0.5) is 11.5 Å².